The summed E-state index contributed by atoms with van der Waals surface area (Å²) in [6.07, 6.45) is -1.34. The summed E-state index contributed by atoms with van der Waals surface area (Å²) in [5, 5.41) is 25.2. The molecule has 31 heavy (non-hydrogen) atoms. The van der Waals surface area contributed by atoms with Gasteiger partial charge < -0.3 is 25.3 Å². The molecule has 0 spiro atoms. The molecule has 1 fully saturated rings. The number of likely N-dealkylation sites (tertiary alicyclic amines) is 1. The van der Waals surface area contributed by atoms with Crippen LogP contribution < -0.4 is 5.32 Å². The summed E-state index contributed by atoms with van der Waals surface area (Å²) in [4.78, 5) is 29.9. The van der Waals surface area contributed by atoms with Gasteiger partial charge in [0.15, 0.2) is 12.2 Å². The summed E-state index contributed by atoms with van der Waals surface area (Å²) in [7, 11) is 4.02. The highest BCUT2D eigenvalue weighted by atomic mass is 32.1. The lowest BCUT2D eigenvalue weighted by Crippen LogP contribution is -2.50. The molecule has 1 aliphatic rings. The highest BCUT2D eigenvalue weighted by Gasteiger charge is 2.38. The van der Waals surface area contributed by atoms with E-state index in [4.69, 9.17) is 0 Å². The molecule has 8 heteroatoms. The summed E-state index contributed by atoms with van der Waals surface area (Å²) >= 11 is 1.59. The lowest BCUT2D eigenvalue weighted by Gasteiger charge is -2.28. The molecule has 1 aromatic heterocycles. The van der Waals surface area contributed by atoms with Crippen molar-refractivity contribution < 1.29 is 19.8 Å². The second-order valence-electron chi connectivity index (χ2n) is 8.18. The maximum absolute atomic E-state index is 12.9. The van der Waals surface area contributed by atoms with Crippen molar-refractivity contribution in [2.45, 2.75) is 44.1 Å². The topological polar surface area (TPSA) is 93.1 Å². The summed E-state index contributed by atoms with van der Waals surface area (Å²) < 4.78 is 0. The molecule has 1 aromatic carbocycles. The number of aliphatic hydroxyl groups excluding tert-OH is 2. The molecule has 2 amide bonds. The fourth-order valence-electron chi connectivity index (χ4n) is 3.90. The van der Waals surface area contributed by atoms with Gasteiger partial charge in [-0.3, -0.25) is 9.59 Å². The molecule has 0 radical (unpaired) electrons. The molecule has 3 rings (SSSR count). The van der Waals surface area contributed by atoms with Gasteiger partial charge >= 0.3 is 0 Å². The molecule has 2 heterocycles. The molecule has 7 nitrogen and oxygen atoms in total. The standard InChI is InChI=1S/C23H31N3O4S/c1-25(2)15-16-7-9-17(10-8-16)19-6-3-13-26(19)23(30)21(28)20(27)22(29)24-12-11-18-5-4-14-31-18/h4-5,7-10,14,19-21,27-28H,3,6,11-13,15H2,1-2H3,(H,24,29)/t19?,20-,21-/m1/s1. The van der Waals surface area contributed by atoms with Crippen LogP contribution in [0.2, 0.25) is 0 Å². The number of thiophene rings is 1. The first-order chi connectivity index (χ1) is 14.9. The van der Waals surface area contributed by atoms with Crippen LogP contribution in [0.3, 0.4) is 0 Å². The minimum atomic E-state index is -1.79. The van der Waals surface area contributed by atoms with Crippen LogP contribution in [0.1, 0.15) is 34.9 Å². The zero-order chi connectivity index (χ0) is 22.4. The van der Waals surface area contributed by atoms with Crippen LogP contribution in [0.25, 0.3) is 0 Å². The SMILES string of the molecule is CN(C)Cc1ccc(C2CCCN2C(=O)[C@H](O)[C@@H](O)C(=O)NCCc2cccs2)cc1. The Hall–Kier alpha value is -2.26. The maximum atomic E-state index is 12.9. The predicted octanol–water partition coefficient (Wildman–Crippen LogP) is 1.55. The van der Waals surface area contributed by atoms with Crippen molar-refractivity contribution in [3.05, 3.63) is 57.8 Å². The van der Waals surface area contributed by atoms with Gasteiger partial charge in [-0.1, -0.05) is 30.3 Å². The maximum Gasteiger partial charge on any atom is 0.255 e. The van der Waals surface area contributed by atoms with Gasteiger partial charge in [0.2, 0.25) is 0 Å². The van der Waals surface area contributed by atoms with Crippen LogP contribution in [0.15, 0.2) is 41.8 Å². The van der Waals surface area contributed by atoms with Gasteiger partial charge in [0.1, 0.15) is 0 Å². The number of carbonyl (C=O) groups is 2. The molecule has 2 aromatic rings. The van der Waals surface area contributed by atoms with Crippen molar-refractivity contribution >= 4 is 23.2 Å². The number of nitrogens with one attached hydrogen (secondary N) is 1. The highest BCUT2D eigenvalue weighted by Crippen LogP contribution is 2.32. The van der Waals surface area contributed by atoms with Crippen LogP contribution in [0.5, 0.6) is 0 Å². The fourth-order valence-corrected chi connectivity index (χ4v) is 4.61. The number of rotatable bonds is 9. The first kappa shape index (κ1) is 23.4. The largest absolute Gasteiger partial charge is 0.380 e. The van der Waals surface area contributed by atoms with Crippen molar-refractivity contribution in [2.24, 2.45) is 0 Å². The van der Waals surface area contributed by atoms with Crippen LogP contribution in [0, 0.1) is 0 Å². The Balaban J connectivity index is 1.57. The van der Waals surface area contributed by atoms with E-state index in [1.165, 1.54) is 5.56 Å². The molecule has 0 aliphatic carbocycles. The lowest BCUT2D eigenvalue weighted by molar-refractivity contribution is -0.153. The smallest absolute Gasteiger partial charge is 0.255 e. The van der Waals surface area contributed by atoms with Crippen molar-refractivity contribution in [1.29, 1.82) is 0 Å². The number of nitrogens with zero attached hydrogens (tertiary/aromatic N) is 2. The second kappa shape index (κ2) is 10.9. The Labute approximate surface area is 187 Å². The molecule has 3 N–H and O–H groups in total. The summed E-state index contributed by atoms with van der Waals surface area (Å²) in [5.41, 5.74) is 2.18. The summed E-state index contributed by atoms with van der Waals surface area (Å²) in [5.74, 6) is -1.35. The van der Waals surface area contributed by atoms with E-state index in [-0.39, 0.29) is 6.04 Å². The fraction of sp³-hybridized carbons (Fsp3) is 0.478. The van der Waals surface area contributed by atoms with Crippen LogP contribution in [-0.2, 0) is 22.6 Å². The van der Waals surface area contributed by atoms with E-state index < -0.39 is 24.0 Å². The van der Waals surface area contributed by atoms with Crippen molar-refractivity contribution in [1.82, 2.24) is 15.1 Å². The zero-order valence-electron chi connectivity index (χ0n) is 18.0. The van der Waals surface area contributed by atoms with Gasteiger partial charge in [-0.05, 0) is 55.9 Å². The van der Waals surface area contributed by atoms with Gasteiger partial charge in [0.05, 0.1) is 6.04 Å². The van der Waals surface area contributed by atoms with Crippen molar-refractivity contribution in [2.75, 3.05) is 27.2 Å². The Bertz CT molecular complexity index is 854. The van der Waals surface area contributed by atoms with Gasteiger partial charge in [-0.2, -0.15) is 0 Å². The number of hydrogen-bond acceptors (Lipinski definition) is 6. The minimum Gasteiger partial charge on any atom is -0.380 e. The number of amides is 2. The average molecular weight is 446 g/mol. The van der Waals surface area contributed by atoms with Crippen molar-refractivity contribution in [3.8, 4) is 0 Å². The molecule has 168 valence electrons. The van der Waals surface area contributed by atoms with Crippen LogP contribution in [-0.4, -0.2) is 71.2 Å². The second-order valence-corrected chi connectivity index (χ2v) is 9.21. The van der Waals surface area contributed by atoms with E-state index in [1.54, 1.807) is 16.2 Å². The molecular formula is C23H31N3O4S. The van der Waals surface area contributed by atoms with E-state index in [1.807, 2.05) is 55.9 Å². The van der Waals surface area contributed by atoms with Crippen LogP contribution >= 0.6 is 11.3 Å². The van der Waals surface area contributed by atoms with E-state index in [0.717, 1.165) is 29.8 Å². The summed E-state index contributed by atoms with van der Waals surface area (Å²) in [6, 6.07) is 11.8. The van der Waals surface area contributed by atoms with E-state index in [9.17, 15) is 19.8 Å². The molecule has 1 unspecified atom stereocenters. The van der Waals surface area contributed by atoms with Gasteiger partial charge in [-0.25, -0.2) is 0 Å². The third-order valence-electron chi connectivity index (χ3n) is 5.47. The van der Waals surface area contributed by atoms with Gasteiger partial charge in [-0.15, -0.1) is 11.3 Å². The minimum absolute atomic E-state index is 0.162. The molecule has 3 atom stereocenters. The molecule has 0 bridgehead atoms. The molecular weight excluding hydrogens is 414 g/mol. The normalized spacial score (nSPS) is 18.2. The Morgan fingerprint density at radius 1 is 1.19 bits per heavy atom. The van der Waals surface area contributed by atoms with E-state index in [2.05, 4.69) is 10.2 Å². The quantitative estimate of drug-likeness (QED) is 0.545. The number of carbonyl (C=O) groups excluding carboxylic acids is 2. The number of benzene rings is 1. The summed E-state index contributed by atoms with van der Waals surface area (Å²) in [6.45, 7) is 1.66. The third kappa shape index (κ3) is 6.13. The first-order valence-corrected chi connectivity index (χ1v) is 11.4. The number of hydrogen-bond donors (Lipinski definition) is 3. The zero-order valence-corrected chi connectivity index (χ0v) is 18.8. The lowest BCUT2D eigenvalue weighted by atomic mass is 10.0. The molecule has 1 saturated heterocycles. The highest BCUT2D eigenvalue weighted by molar-refractivity contribution is 7.09. The van der Waals surface area contributed by atoms with Crippen LogP contribution in [0.4, 0.5) is 0 Å². The number of aliphatic hydroxyl groups is 2. The van der Waals surface area contributed by atoms with Gasteiger partial charge in [0, 0.05) is 24.5 Å². The van der Waals surface area contributed by atoms with Crippen molar-refractivity contribution in [3.63, 3.8) is 0 Å². The molecule has 0 saturated carbocycles. The Morgan fingerprint density at radius 2 is 1.94 bits per heavy atom. The Morgan fingerprint density at radius 3 is 2.58 bits per heavy atom. The third-order valence-corrected chi connectivity index (χ3v) is 6.41. The van der Waals surface area contributed by atoms with Gasteiger partial charge in [0.25, 0.3) is 11.8 Å². The first-order valence-electron chi connectivity index (χ1n) is 10.6. The molecule has 1 aliphatic heterocycles. The average Bonchev–Trinajstić information content (AvgIpc) is 3.44. The Kier molecular flexibility index (Phi) is 8.20. The van der Waals surface area contributed by atoms with E-state index >= 15 is 0 Å². The van der Waals surface area contributed by atoms with E-state index in [0.29, 0.717) is 19.5 Å². The monoisotopic (exact) mass is 445 g/mol. The predicted molar refractivity (Wildman–Crippen MR) is 121 cm³/mol.